The number of H-pyrrole nitrogens is 1. The van der Waals surface area contributed by atoms with E-state index in [0.29, 0.717) is 16.5 Å². The van der Waals surface area contributed by atoms with Crippen LogP contribution in [0, 0.1) is 11.8 Å². The van der Waals surface area contributed by atoms with Crippen LogP contribution in [0.5, 0.6) is 0 Å². The van der Waals surface area contributed by atoms with E-state index < -0.39 is 11.4 Å². The van der Waals surface area contributed by atoms with Crippen molar-refractivity contribution in [3.05, 3.63) is 45.7 Å². The number of carbonyl (C=O) groups is 2. The molecular weight excluding hydrogens is 272 g/mol. The molecule has 0 fully saturated rings. The monoisotopic (exact) mass is 284 g/mol. The third kappa shape index (κ3) is 3.28. The molecule has 1 aromatic carbocycles. The van der Waals surface area contributed by atoms with Gasteiger partial charge in [-0.05, 0) is 18.2 Å². The molecule has 21 heavy (non-hydrogen) atoms. The SMILES string of the molecule is CC(=O)NCC#Cc1ccc2c(=O)c(C(=O)O)c[nH]c2c1. The zero-order valence-corrected chi connectivity index (χ0v) is 11.2. The molecule has 0 aliphatic rings. The summed E-state index contributed by atoms with van der Waals surface area (Å²) in [6, 6.07) is 4.82. The van der Waals surface area contributed by atoms with Gasteiger partial charge in [0.2, 0.25) is 11.3 Å². The fraction of sp³-hybridized carbons (Fsp3) is 0.133. The van der Waals surface area contributed by atoms with Crippen molar-refractivity contribution >= 4 is 22.8 Å². The second-order valence-corrected chi connectivity index (χ2v) is 4.31. The van der Waals surface area contributed by atoms with Crippen molar-refractivity contribution in [3.8, 4) is 11.8 Å². The van der Waals surface area contributed by atoms with E-state index in [1.807, 2.05) is 0 Å². The highest BCUT2D eigenvalue weighted by Crippen LogP contribution is 2.10. The highest BCUT2D eigenvalue weighted by atomic mass is 16.4. The number of amides is 1. The van der Waals surface area contributed by atoms with Gasteiger partial charge in [-0.3, -0.25) is 9.59 Å². The Bertz CT molecular complexity index is 840. The first-order chi connectivity index (χ1) is 9.99. The van der Waals surface area contributed by atoms with Gasteiger partial charge < -0.3 is 15.4 Å². The van der Waals surface area contributed by atoms with Gasteiger partial charge in [-0.15, -0.1) is 0 Å². The maximum Gasteiger partial charge on any atom is 0.341 e. The molecular formula is C15H12N2O4. The van der Waals surface area contributed by atoms with E-state index in [9.17, 15) is 14.4 Å². The van der Waals surface area contributed by atoms with Crippen LogP contribution in [0.3, 0.4) is 0 Å². The van der Waals surface area contributed by atoms with Crippen LogP contribution in [0.1, 0.15) is 22.8 Å². The molecule has 2 rings (SSSR count). The molecule has 0 saturated carbocycles. The summed E-state index contributed by atoms with van der Waals surface area (Å²) >= 11 is 0. The molecule has 1 heterocycles. The molecule has 3 N–H and O–H groups in total. The van der Waals surface area contributed by atoms with Crippen molar-refractivity contribution in [2.45, 2.75) is 6.92 Å². The van der Waals surface area contributed by atoms with Crippen LogP contribution in [0.15, 0.2) is 29.2 Å². The normalized spacial score (nSPS) is 9.76. The predicted molar refractivity (Wildman–Crippen MR) is 77.1 cm³/mol. The number of pyridine rings is 1. The maximum atomic E-state index is 11.9. The van der Waals surface area contributed by atoms with Gasteiger partial charge in [0, 0.05) is 24.1 Å². The molecule has 1 amide bonds. The minimum Gasteiger partial charge on any atom is -0.477 e. The van der Waals surface area contributed by atoms with Crippen LogP contribution in [0.4, 0.5) is 0 Å². The quantitative estimate of drug-likeness (QED) is 0.707. The lowest BCUT2D eigenvalue weighted by Crippen LogP contribution is -2.19. The lowest BCUT2D eigenvalue weighted by atomic mass is 10.1. The first-order valence-corrected chi connectivity index (χ1v) is 6.11. The third-order valence-corrected chi connectivity index (χ3v) is 2.77. The number of carboxylic acids is 1. The summed E-state index contributed by atoms with van der Waals surface area (Å²) in [4.78, 5) is 36.3. The Balaban J connectivity index is 2.35. The Hall–Kier alpha value is -3.07. The molecule has 6 nitrogen and oxygen atoms in total. The van der Waals surface area contributed by atoms with Crippen LogP contribution in [-0.4, -0.2) is 28.5 Å². The summed E-state index contributed by atoms with van der Waals surface area (Å²) in [6.45, 7) is 1.64. The number of aromatic nitrogens is 1. The molecule has 0 aliphatic heterocycles. The minimum absolute atomic E-state index is 0.159. The van der Waals surface area contributed by atoms with Crippen LogP contribution in [0.2, 0.25) is 0 Å². The van der Waals surface area contributed by atoms with E-state index >= 15 is 0 Å². The van der Waals surface area contributed by atoms with Crippen molar-refractivity contribution in [1.29, 1.82) is 0 Å². The van der Waals surface area contributed by atoms with Crippen molar-refractivity contribution in [1.82, 2.24) is 10.3 Å². The minimum atomic E-state index is -1.27. The third-order valence-electron chi connectivity index (χ3n) is 2.77. The van der Waals surface area contributed by atoms with Gasteiger partial charge in [-0.2, -0.15) is 0 Å². The topological polar surface area (TPSA) is 99.3 Å². The van der Waals surface area contributed by atoms with Gasteiger partial charge >= 0.3 is 5.97 Å². The molecule has 0 radical (unpaired) electrons. The number of hydrogen-bond donors (Lipinski definition) is 3. The Morgan fingerprint density at radius 3 is 2.81 bits per heavy atom. The molecule has 0 spiro atoms. The van der Waals surface area contributed by atoms with E-state index in [2.05, 4.69) is 22.1 Å². The summed E-state index contributed by atoms with van der Waals surface area (Å²) in [5, 5.41) is 11.7. The van der Waals surface area contributed by atoms with Crippen LogP contribution in [0.25, 0.3) is 10.9 Å². The van der Waals surface area contributed by atoms with Gasteiger partial charge in [-0.1, -0.05) is 11.8 Å². The number of aromatic amines is 1. The zero-order chi connectivity index (χ0) is 15.4. The van der Waals surface area contributed by atoms with Gasteiger partial charge in [0.1, 0.15) is 5.56 Å². The smallest absolute Gasteiger partial charge is 0.341 e. The summed E-state index contributed by atoms with van der Waals surface area (Å²) in [7, 11) is 0. The number of nitrogens with one attached hydrogen (secondary N) is 2. The zero-order valence-electron chi connectivity index (χ0n) is 11.2. The number of hydrogen-bond acceptors (Lipinski definition) is 3. The lowest BCUT2D eigenvalue weighted by molar-refractivity contribution is -0.118. The van der Waals surface area contributed by atoms with E-state index in [1.54, 1.807) is 12.1 Å². The number of fused-ring (bicyclic) bond motifs is 1. The fourth-order valence-corrected chi connectivity index (χ4v) is 1.77. The van der Waals surface area contributed by atoms with Gasteiger partial charge in [0.15, 0.2) is 0 Å². The molecule has 0 bridgehead atoms. The standard InChI is InChI=1S/C15H12N2O4/c1-9(18)16-6-2-3-10-4-5-11-13(7-10)17-8-12(14(11)19)15(20)21/h4-5,7-8H,6H2,1H3,(H,16,18)(H,17,19)(H,20,21). The molecule has 0 aliphatic carbocycles. The molecule has 0 unspecified atom stereocenters. The molecule has 1 aromatic heterocycles. The van der Waals surface area contributed by atoms with Gasteiger partial charge in [0.25, 0.3) is 0 Å². The predicted octanol–water partition coefficient (Wildman–Crippen LogP) is 0.714. The second-order valence-electron chi connectivity index (χ2n) is 4.31. The summed E-state index contributed by atoms with van der Waals surface area (Å²) in [5.41, 5.74) is 0.337. The summed E-state index contributed by atoms with van der Waals surface area (Å²) in [6.07, 6.45) is 1.17. The summed E-state index contributed by atoms with van der Waals surface area (Å²) in [5.74, 6) is 4.19. The van der Waals surface area contributed by atoms with E-state index in [1.165, 1.54) is 19.2 Å². The summed E-state index contributed by atoms with van der Waals surface area (Å²) < 4.78 is 0. The Kier molecular flexibility index (Phi) is 4.05. The Morgan fingerprint density at radius 1 is 1.38 bits per heavy atom. The van der Waals surface area contributed by atoms with Crippen molar-refractivity contribution in [3.63, 3.8) is 0 Å². The van der Waals surface area contributed by atoms with E-state index in [0.717, 1.165) is 0 Å². The first kappa shape index (κ1) is 14.3. The van der Waals surface area contributed by atoms with Crippen LogP contribution in [-0.2, 0) is 4.79 Å². The number of benzene rings is 1. The molecule has 6 heteroatoms. The average Bonchev–Trinajstić information content (AvgIpc) is 2.43. The molecule has 106 valence electrons. The van der Waals surface area contributed by atoms with Crippen LogP contribution < -0.4 is 10.7 Å². The Morgan fingerprint density at radius 2 is 2.14 bits per heavy atom. The van der Waals surface area contributed by atoms with Crippen LogP contribution >= 0.6 is 0 Å². The van der Waals surface area contributed by atoms with Gasteiger partial charge in [0.05, 0.1) is 12.1 Å². The van der Waals surface area contributed by atoms with E-state index in [-0.39, 0.29) is 18.0 Å². The number of aromatic carboxylic acids is 1. The molecule has 0 atom stereocenters. The van der Waals surface area contributed by atoms with E-state index in [4.69, 9.17) is 5.11 Å². The largest absolute Gasteiger partial charge is 0.477 e. The maximum absolute atomic E-state index is 11.9. The highest BCUT2D eigenvalue weighted by molar-refractivity contribution is 5.92. The number of rotatable bonds is 2. The van der Waals surface area contributed by atoms with Crippen molar-refractivity contribution in [2.24, 2.45) is 0 Å². The molecule has 2 aromatic rings. The van der Waals surface area contributed by atoms with Crippen molar-refractivity contribution < 1.29 is 14.7 Å². The lowest BCUT2D eigenvalue weighted by Gasteiger charge is -2.00. The first-order valence-electron chi connectivity index (χ1n) is 6.11. The molecule has 0 saturated heterocycles. The number of carbonyl (C=O) groups excluding carboxylic acids is 1. The average molecular weight is 284 g/mol. The van der Waals surface area contributed by atoms with Gasteiger partial charge in [-0.25, -0.2) is 4.79 Å². The second kappa shape index (κ2) is 5.92. The number of carboxylic acid groups (broad SMARTS) is 1. The fourth-order valence-electron chi connectivity index (χ4n) is 1.77. The highest BCUT2D eigenvalue weighted by Gasteiger charge is 2.11. The Labute approximate surface area is 119 Å². The van der Waals surface area contributed by atoms with Crippen molar-refractivity contribution in [2.75, 3.05) is 6.54 Å².